The van der Waals surface area contributed by atoms with E-state index in [0.717, 1.165) is 93.4 Å². The van der Waals surface area contributed by atoms with Crippen molar-refractivity contribution in [1.29, 1.82) is 0 Å². The quantitative estimate of drug-likeness (QED) is 0.155. The van der Waals surface area contributed by atoms with Gasteiger partial charge in [-0.1, -0.05) is 115 Å². The Morgan fingerprint density at radius 1 is 0.417 bits per heavy atom. The van der Waals surface area contributed by atoms with Crippen LogP contribution in [0.1, 0.15) is 100 Å². The Bertz CT molecular complexity index is 3990. The number of hydrogen-bond acceptors (Lipinski definition) is 3. The summed E-state index contributed by atoms with van der Waals surface area (Å²) in [5.74, 6) is 0.153. The fraction of sp³-hybridized carbons (Fsp3) is 0.107. The maximum atomic E-state index is 15.2. The zero-order chi connectivity index (χ0) is 38.7. The van der Waals surface area contributed by atoms with E-state index in [0.29, 0.717) is 0 Å². The standard InChI is InChI=1S/C56H29NO3/c58-52-35-24-43-31(21-32(35)47-27-12-1-6-16-39(27)55(47)41-18-8-3-14-29(41)49(52)55)34-23-37-26-11-5-10-20-45(26)60-54(37)46-38-22-33-36(25-44(38)57(43)51(34)46)53(59)50-30-15-4-9-19-42(30)56(50)40-17-7-2-13-28(40)48(33)56/h1-25,47-50H. The molecular weight excluding hydrogens is 735 g/mol. The lowest BCUT2D eigenvalue weighted by Crippen LogP contribution is -2.61. The number of aromatic nitrogens is 1. The highest BCUT2D eigenvalue weighted by atomic mass is 16.3. The van der Waals surface area contributed by atoms with E-state index in [-0.39, 0.29) is 46.1 Å². The topological polar surface area (TPSA) is 51.7 Å². The molecule has 0 saturated carbocycles. The molecule has 60 heavy (non-hydrogen) atoms. The molecule has 0 saturated heterocycles. The Kier molecular flexibility index (Phi) is 4.54. The maximum absolute atomic E-state index is 15.2. The largest absolute Gasteiger partial charge is 0.455 e. The van der Waals surface area contributed by atoms with Crippen LogP contribution in [0, 0.1) is 0 Å². The minimum absolute atomic E-state index is 0.0780. The number of benzene rings is 8. The highest BCUT2D eigenvalue weighted by Crippen LogP contribution is 2.75. The number of hydrogen-bond donors (Lipinski definition) is 0. The van der Waals surface area contributed by atoms with Gasteiger partial charge in [0.2, 0.25) is 0 Å². The highest BCUT2D eigenvalue weighted by molar-refractivity contribution is 6.34. The minimum Gasteiger partial charge on any atom is -0.455 e. The molecule has 4 heteroatoms. The molecule has 3 aromatic heterocycles. The van der Waals surface area contributed by atoms with Gasteiger partial charge in [-0.2, -0.15) is 0 Å². The van der Waals surface area contributed by atoms with Crippen LogP contribution in [0.5, 0.6) is 0 Å². The van der Waals surface area contributed by atoms with Gasteiger partial charge in [-0.05, 0) is 92.0 Å². The molecule has 4 nitrogen and oxygen atoms in total. The summed E-state index contributed by atoms with van der Waals surface area (Å²) in [6.07, 6.45) is 0. The average molecular weight is 764 g/mol. The van der Waals surface area contributed by atoms with E-state index >= 15 is 9.59 Å². The number of Topliss-reactive ketones (excluding diaryl/α,β-unsaturated/α-hetero) is 2. The lowest BCUT2D eigenvalue weighted by molar-refractivity contribution is 0.0839. The molecule has 17 rings (SSSR count). The Morgan fingerprint density at radius 2 is 0.883 bits per heavy atom. The zero-order valence-corrected chi connectivity index (χ0v) is 31.9. The number of fused-ring (bicyclic) bond motifs is 22. The van der Waals surface area contributed by atoms with E-state index in [1.807, 2.05) is 6.07 Å². The van der Waals surface area contributed by atoms with Crippen molar-refractivity contribution in [3.05, 3.63) is 218 Å². The van der Waals surface area contributed by atoms with Crippen molar-refractivity contribution in [2.75, 3.05) is 0 Å². The van der Waals surface area contributed by atoms with Crippen LogP contribution in [0.4, 0.5) is 0 Å². The maximum Gasteiger partial charge on any atom is 0.171 e. The van der Waals surface area contributed by atoms with Crippen molar-refractivity contribution in [1.82, 2.24) is 4.40 Å². The number of para-hydroxylation sites is 1. The predicted molar refractivity (Wildman–Crippen MR) is 234 cm³/mol. The fourth-order valence-electron chi connectivity index (χ4n) is 14.7. The molecule has 2 spiro atoms. The van der Waals surface area contributed by atoms with Gasteiger partial charge in [0.15, 0.2) is 11.6 Å². The number of nitrogens with zero attached hydrogens (tertiary/aromatic N) is 1. The molecule has 0 fully saturated rings. The number of furan rings is 1. The molecule has 11 aromatic rings. The molecule has 6 atom stereocenters. The van der Waals surface area contributed by atoms with Crippen molar-refractivity contribution in [3.63, 3.8) is 0 Å². The van der Waals surface area contributed by atoms with E-state index in [1.165, 1.54) is 33.4 Å². The molecule has 0 radical (unpaired) electrons. The van der Waals surface area contributed by atoms with Gasteiger partial charge in [0.05, 0.1) is 33.8 Å². The van der Waals surface area contributed by atoms with E-state index in [9.17, 15) is 0 Å². The second-order valence-corrected chi connectivity index (χ2v) is 18.4. The summed E-state index contributed by atoms with van der Waals surface area (Å²) < 4.78 is 9.24. The van der Waals surface area contributed by atoms with Crippen LogP contribution in [-0.4, -0.2) is 16.0 Å². The summed E-state index contributed by atoms with van der Waals surface area (Å²) in [6.45, 7) is 0. The molecule has 6 aliphatic rings. The van der Waals surface area contributed by atoms with E-state index in [1.54, 1.807) is 0 Å². The van der Waals surface area contributed by atoms with E-state index in [2.05, 4.69) is 150 Å². The van der Waals surface area contributed by atoms with Crippen LogP contribution in [0.3, 0.4) is 0 Å². The molecule has 0 N–H and O–H groups in total. The van der Waals surface area contributed by atoms with Crippen molar-refractivity contribution in [2.24, 2.45) is 0 Å². The number of ketones is 2. The lowest BCUT2D eigenvalue weighted by atomic mass is 9.36. The molecule has 8 aromatic carbocycles. The van der Waals surface area contributed by atoms with Crippen LogP contribution in [0.2, 0.25) is 0 Å². The van der Waals surface area contributed by atoms with Gasteiger partial charge < -0.3 is 8.82 Å². The van der Waals surface area contributed by atoms with Gasteiger partial charge in [-0.3, -0.25) is 9.59 Å². The number of carbonyl (C=O) groups excluding carboxylic acids is 2. The lowest BCUT2D eigenvalue weighted by Gasteiger charge is -2.64. The fourth-order valence-corrected chi connectivity index (χ4v) is 14.7. The predicted octanol–water partition coefficient (Wildman–Crippen LogP) is 12.2. The van der Waals surface area contributed by atoms with Gasteiger partial charge in [0, 0.05) is 60.7 Å². The average Bonchev–Trinajstić information content (AvgIpc) is 3.90. The first kappa shape index (κ1) is 29.8. The second-order valence-electron chi connectivity index (χ2n) is 18.4. The molecule has 3 heterocycles. The summed E-state index contributed by atoms with van der Waals surface area (Å²) in [5.41, 5.74) is 18.1. The van der Waals surface area contributed by atoms with Gasteiger partial charge in [0.1, 0.15) is 11.2 Å². The first-order chi connectivity index (χ1) is 29.6. The molecule has 0 amide bonds. The van der Waals surface area contributed by atoms with Crippen molar-refractivity contribution in [3.8, 4) is 0 Å². The smallest absolute Gasteiger partial charge is 0.171 e. The highest BCUT2D eigenvalue weighted by Gasteiger charge is 2.70. The Labute approximate surface area is 341 Å². The van der Waals surface area contributed by atoms with Crippen LogP contribution in [0.25, 0.3) is 60.0 Å². The van der Waals surface area contributed by atoms with E-state index < -0.39 is 0 Å². The zero-order valence-electron chi connectivity index (χ0n) is 31.9. The summed E-state index contributed by atoms with van der Waals surface area (Å²) in [4.78, 5) is 30.4. The third kappa shape index (κ3) is 2.69. The van der Waals surface area contributed by atoms with Crippen LogP contribution in [-0.2, 0) is 10.8 Å². The summed E-state index contributed by atoms with van der Waals surface area (Å²) in [7, 11) is 0. The molecular formula is C56H29NO3. The first-order valence-electron chi connectivity index (χ1n) is 21.2. The van der Waals surface area contributed by atoms with Crippen LogP contribution < -0.4 is 0 Å². The van der Waals surface area contributed by atoms with Gasteiger partial charge in [0.25, 0.3) is 0 Å². The van der Waals surface area contributed by atoms with Gasteiger partial charge >= 0.3 is 0 Å². The van der Waals surface area contributed by atoms with Crippen molar-refractivity contribution >= 4 is 71.6 Å². The van der Waals surface area contributed by atoms with Crippen LogP contribution in [0.15, 0.2) is 156 Å². The van der Waals surface area contributed by atoms with Gasteiger partial charge in [-0.25, -0.2) is 0 Å². The van der Waals surface area contributed by atoms with Crippen LogP contribution >= 0.6 is 0 Å². The normalized spacial score (nSPS) is 25.5. The van der Waals surface area contributed by atoms with Gasteiger partial charge in [-0.15, -0.1) is 0 Å². The Morgan fingerprint density at radius 3 is 1.45 bits per heavy atom. The summed E-state index contributed by atoms with van der Waals surface area (Å²) in [5, 5.41) is 6.60. The minimum atomic E-state index is -0.345. The molecule has 276 valence electrons. The third-order valence-corrected chi connectivity index (χ3v) is 16.6. The Balaban J connectivity index is 1.02. The number of rotatable bonds is 0. The van der Waals surface area contributed by atoms with Crippen molar-refractivity contribution in [2.45, 2.75) is 34.5 Å². The molecule has 0 aliphatic heterocycles. The Hall–Kier alpha value is -7.30. The molecule has 6 aliphatic carbocycles. The SMILES string of the molecule is O=C1c2cc3c(cc2C2c4ccccc4C24c2ccccc2C14)c1cc2c4ccccc4oc2c2c4cc5c(cc4n3c12)C(=O)C1c2ccccc2C12c1ccccc1C52. The monoisotopic (exact) mass is 763 g/mol. The molecule has 0 bridgehead atoms. The first-order valence-corrected chi connectivity index (χ1v) is 21.2. The number of carbonyl (C=O) groups is 2. The molecule has 6 unspecified atom stereocenters. The summed E-state index contributed by atoms with van der Waals surface area (Å²) >= 11 is 0. The second kappa shape index (κ2) is 9.12. The van der Waals surface area contributed by atoms with E-state index in [4.69, 9.17) is 4.42 Å². The summed E-state index contributed by atoms with van der Waals surface area (Å²) in [6, 6.07) is 54.5. The van der Waals surface area contributed by atoms with Crippen molar-refractivity contribution < 1.29 is 14.0 Å². The third-order valence-electron chi connectivity index (χ3n) is 16.6.